The lowest BCUT2D eigenvalue weighted by atomic mass is 10.0. The first kappa shape index (κ1) is 17.9. The van der Waals surface area contributed by atoms with Crippen molar-refractivity contribution in [3.8, 4) is 6.07 Å². The van der Waals surface area contributed by atoms with Gasteiger partial charge in [-0.25, -0.2) is 9.97 Å². The van der Waals surface area contributed by atoms with Crippen LogP contribution in [-0.4, -0.2) is 40.4 Å². The maximum atomic E-state index is 11.7. The average molecular weight is 372 g/mol. The predicted octanol–water partition coefficient (Wildman–Crippen LogP) is 2.46. The molecule has 3 aromatic rings. The fraction of sp³-hybridized carbons (Fsp3) is 0.238. The number of anilines is 1. The highest BCUT2D eigenvalue weighted by Gasteiger charge is 2.22. The molecule has 1 saturated heterocycles. The van der Waals surface area contributed by atoms with Gasteiger partial charge in [0.15, 0.2) is 0 Å². The van der Waals surface area contributed by atoms with E-state index in [1.54, 1.807) is 18.2 Å². The molecule has 0 saturated carbocycles. The van der Waals surface area contributed by atoms with E-state index in [1.165, 1.54) is 12.7 Å². The van der Waals surface area contributed by atoms with Gasteiger partial charge in [0.05, 0.1) is 28.8 Å². The van der Waals surface area contributed by atoms with Crippen molar-refractivity contribution >= 4 is 22.6 Å². The molecule has 3 N–H and O–H groups in total. The number of amides is 1. The van der Waals surface area contributed by atoms with Gasteiger partial charge in [-0.15, -0.1) is 0 Å². The number of carbonyl (C=O) groups is 1. The summed E-state index contributed by atoms with van der Waals surface area (Å²) in [5.41, 5.74) is 8.03. The molecule has 0 aliphatic carbocycles. The molecule has 7 nitrogen and oxygen atoms in total. The highest BCUT2D eigenvalue weighted by molar-refractivity contribution is 6.06. The minimum Gasteiger partial charge on any atom is -0.366 e. The summed E-state index contributed by atoms with van der Waals surface area (Å²) in [4.78, 5) is 22.8. The fourth-order valence-electron chi connectivity index (χ4n) is 3.45. The number of nitrogens with one attached hydrogen (secondary N) is 1. The number of para-hydroxylation sites is 1. The first-order valence-electron chi connectivity index (χ1n) is 9.18. The SMILES string of the molecule is N#Cc1cccc([C@@H](CN2CCC2)Nc2ncnc3c(C(N)=O)cccc23)c1. The van der Waals surface area contributed by atoms with E-state index in [-0.39, 0.29) is 6.04 Å². The molecule has 2 heterocycles. The molecule has 0 spiro atoms. The molecule has 1 aliphatic heterocycles. The number of nitriles is 1. The Kier molecular flexibility index (Phi) is 4.87. The summed E-state index contributed by atoms with van der Waals surface area (Å²) in [6, 6.07) is 15.1. The largest absolute Gasteiger partial charge is 0.366 e. The normalized spacial score (nSPS) is 14.8. The van der Waals surface area contributed by atoms with Crippen LogP contribution in [0.3, 0.4) is 0 Å². The van der Waals surface area contributed by atoms with E-state index in [2.05, 4.69) is 26.3 Å². The number of nitrogens with two attached hydrogens (primary N) is 1. The second-order valence-corrected chi connectivity index (χ2v) is 6.88. The van der Waals surface area contributed by atoms with E-state index < -0.39 is 5.91 Å². The van der Waals surface area contributed by atoms with Gasteiger partial charge in [-0.05, 0) is 49.3 Å². The van der Waals surface area contributed by atoms with Gasteiger partial charge in [0, 0.05) is 11.9 Å². The summed E-state index contributed by atoms with van der Waals surface area (Å²) < 4.78 is 0. The number of primary amides is 1. The number of rotatable bonds is 6. The second kappa shape index (κ2) is 7.62. The van der Waals surface area contributed by atoms with Crippen molar-refractivity contribution in [2.75, 3.05) is 25.0 Å². The summed E-state index contributed by atoms with van der Waals surface area (Å²) in [7, 11) is 0. The lowest BCUT2D eigenvalue weighted by molar-refractivity contribution is 0.100. The maximum Gasteiger partial charge on any atom is 0.250 e. The standard InChI is InChI=1S/C21H20N6O/c22-11-14-4-1-5-15(10-14)18(12-27-8-3-9-27)26-21-17-7-2-6-16(20(23)28)19(17)24-13-25-21/h1-2,4-7,10,13,18H,3,8-9,12H2,(H2,23,28)(H,24,25,26)/t18-/m1/s1. The van der Waals surface area contributed by atoms with Crippen LogP contribution in [0.5, 0.6) is 0 Å². The first-order chi connectivity index (χ1) is 13.7. The number of hydrogen-bond acceptors (Lipinski definition) is 6. The Bertz CT molecular complexity index is 1070. The Morgan fingerprint density at radius 3 is 2.79 bits per heavy atom. The van der Waals surface area contributed by atoms with Crippen LogP contribution in [0, 0.1) is 11.3 Å². The van der Waals surface area contributed by atoms with Gasteiger partial charge in [-0.2, -0.15) is 5.26 Å². The summed E-state index contributed by atoms with van der Waals surface area (Å²) in [6.07, 6.45) is 2.63. The molecule has 1 aromatic heterocycles. The Balaban J connectivity index is 1.73. The van der Waals surface area contributed by atoms with Gasteiger partial charge in [-0.1, -0.05) is 18.2 Å². The molecule has 0 unspecified atom stereocenters. The summed E-state index contributed by atoms with van der Waals surface area (Å²) in [5, 5.41) is 13.5. The van der Waals surface area contributed by atoms with E-state index >= 15 is 0 Å². The van der Waals surface area contributed by atoms with Crippen molar-refractivity contribution in [2.24, 2.45) is 5.73 Å². The molecule has 28 heavy (non-hydrogen) atoms. The molecule has 1 aliphatic rings. The van der Waals surface area contributed by atoms with E-state index in [4.69, 9.17) is 5.73 Å². The van der Waals surface area contributed by atoms with Crippen LogP contribution in [0.1, 0.15) is 33.9 Å². The van der Waals surface area contributed by atoms with Crippen molar-refractivity contribution in [2.45, 2.75) is 12.5 Å². The average Bonchev–Trinajstić information content (AvgIpc) is 2.69. The van der Waals surface area contributed by atoms with Gasteiger partial charge in [0.2, 0.25) is 0 Å². The zero-order chi connectivity index (χ0) is 19.5. The number of fused-ring (bicyclic) bond motifs is 1. The quantitative estimate of drug-likeness (QED) is 0.688. The van der Waals surface area contributed by atoms with Crippen molar-refractivity contribution in [1.82, 2.24) is 14.9 Å². The second-order valence-electron chi connectivity index (χ2n) is 6.88. The van der Waals surface area contributed by atoms with Crippen LogP contribution >= 0.6 is 0 Å². The lowest BCUT2D eigenvalue weighted by Gasteiger charge is -2.35. The monoisotopic (exact) mass is 372 g/mol. The van der Waals surface area contributed by atoms with Crippen molar-refractivity contribution in [1.29, 1.82) is 5.26 Å². The van der Waals surface area contributed by atoms with Crippen LogP contribution in [-0.2, 0) is 0 Å². The number of aromatic nitrogens is 2. The van der Waals surface area contributed by atoms with Gasteiger partial charge >= 0.3 is 0 Å². The van der Waals surface area contributed by atoms with Crippen molar-refractivity contribution in [3.05, 3.63) is 65.5 Å². The number of nitrogens with zero attached hydrogens (tertiary/aromatic N) is 4. The van der Waals surface area contributed by atoms with Gasteiger partial charge in [-0.3, -0.25) is 4.79 Å². The minimum atomic E-state index is -0.519. The predicted molar refractivity (Wildman–Crippen MR) is 107 cm³/mol. The molecule has 140 valence electrons. The van der Waals surface area contributed by atoms with Crippen LogP contribution in [0.15, 0.2) is 48.8 Å². The van der Waals surface area contributed by atoms with E-state index in [0.717, 1.165) is 30.6 Å². The number of benzene rings is 2. The van der Waals surface area contributed by atoms with E-state index in [1.807, 2.05) is 24.3 Å². The smallest absolute Gasteiger partial charge is 0.250 e. The molecule has 1 fully saturated rings. The molecule has 2 aromatic carbocycles. The number of hydrogen-bond donors (Lipinski definition) is 2. The van der Waals surface area contributed by atoms with Crippen LogP contribution in [0.2, 0.25) is 0 Å². The summed E-state index contributed by atoms with van der Waals surface area (Å²) >= 11 is 0. The zero-order valence-electron chi connectivity index (χ0n) is 15.3. The third kappa shape index (κ3) is 3.50. The first-order valence-corrected chi connectivity index (χ1v) is 9.18. The van der Waals surface area contributed by atoms with Crippen LogP contribution in [0.4, 0.5) is 5.82 Å². The maximum absolute atomic E-state index is 11.7. The summed E-state index contributed by atoms with van der Waals surface area (Å²) in [6.45, 7) is 2.93. The molecular formula is C21H20N6O. The van der Waals surface area contributed by atoms with Crippen molar-refractivity contribution in [3.63, 3.8) is 0 Å². The fourth-order valence-corrected chi connectivity index (χ4v) is 3.45. The third-order valence-corrected chi connectivity index (χ3v) is 5.05. The molecule has 1 amide bonds. The minimum absolute atomic E-state index is 0.0519. The molecule has 1 atom stereocenters. The van der Waals surface area contributed by atoms with Crippen LogP contribution in [0.25, 0.3) is 10.9 Å². The summed E-state index contributed by atoms with van der Waals surface area (Å²) in [5.74, 6) is 0.120. The topological polar surface area (TPSA) is 108 Å². The number of likely N-dealkylation sites (tertiary alicyclic amines) is 1. The van der Waals surface area contributed by atoms with E-state index in [9.17, 15) is 10.1 Å². The molecule has 0 bridgehead atoms. The van der Waals surface area contributed by atoms with E-state index in [0.29, 0.717) is 22.5 Å². The zero-order valence-corrected chi connectivity index (χ0v) is 15.3. The Morgan fingerprint density at radius 2 is 2.07 bits per heavy atom. The van der Waals surface area contributed by atoms with Gasteiger partial charge in [0.25, 0.3) is 5.91 Å². The number of carbonyl (C=O) groups excluding carboxylic acids is 1. The Hall–Kier alpha value is -3.50. The highest BCUT2D eigenvalue weighted by Crippen LogP contribution is 2.27. The van der Waals surface area contributed by atoms with Gasteiger partial charge < -0.3 is 16.0 Å². The third-order valence-electron chi connectivity index (χ3n) is 5.05. The molecule has 0 radical (unpaired) electrons. The van der Waals surface area contributed by atoms with Gasteiger partial charge in [0.1, 0.15) is 12.1 Å². The molecular weight excluding hydrogens is 352 g/mol. The molecule has 7 heteroatoms. The Morgan fingerprint density at radius 1 is 1.25 bits per heavy atom. The van der Waals surface area contributed by atoms with Crippen LogP contribution < -0.4 is 11.1 Å². The Labute approximate surface area is 162 Å². The highest BCUT2D eigenvalue weighted by atomic mass is 16.1. The lowest BCUT2D eigenvalue weighted by Crippen LogP contribution is -2.41. The molecule has 4 rings (SSSR count). The van der Waals surface area contributed by atoms with Crippen molar-refractivity contribution < 1.29 is 4.79 Å².